The lowest BCUT2D eigenvalue weighted by molar-refractivity contribution is -0.0157. The van der Waals surface area contributed by atoms with E-state index in [0.29, 0.717) is 31.6 Å². The summed E-state index contributed by atoms with van der Waals surface area (Å²) >= 11 is 0. The van der Waals surface area contributed by atoms with Crippen LogP contribution in [0.3, 0.4) is 0 Å². The van der Waals surface area contributed by atoms with E-state index in [1.54, 1.807) is 11.0 Å². The number of hydrogen-bond donors (Lipinski definition) is 3. The van der Waals surface area contributed by atoms with Crippen molar-refractivity contribution in [2.75, 3.05) is 18.4 Å². The van der Waals surface area contributed by atoms with Gasteiger partial charge in [-0.1, -0.05) is 30.3 Å². The van der Waals surface area contributed by atoms with E-state index in [0.717, 1.165) is 5.56 Å². The largest absolute Gasteiger partial charge is 0.385 e. The molecule has 0 unspecified atom stereocenters. The average Bonchev–Trinajstić information content (AvgIpc) is 2.63. The number of benzene rings is 1. The Kier molecular flexibility index (Phi) is 4.67. The van der Waals surface area contributed by atoms with Gasteiger partial charge in [-0.05, 0) is 30.5 Å². The molecule has 2 aromatic rings. The van der Waals surface area contributed by atoms with Crippen LogP contribution in [0.1, 0.15) is 28.9 Å². The van der Waals surface area contributed by atoms with Gasteiger partial charge < -0.3 is 21.1 Å². The molecule has 1 saturated heterocycles. The standard InChI is InChI=1S/C18H20N4O3/c19-16(23)15-7-6-14(12-20-15)21-17(24)22-10-8-18(25,9-11-22)13-4-2-1-3-5-13/h1-7,12,25H,8-11H2,(H2,19,23)(H,21,24). The summed E-state index contributed by atoms with van der Waals surface area (Å²) < 4.78 is 0. The van der Waals surface area contributed by atoms with Crippen molar-refractivity contribution in [2.24, 2.45) is 5.73 Å². The molecular formula is C18H20N4O3. The van der Waals surface area contributed by atoms with Crippen molar-refractivity contribution in [1.82, 2.24) is 9.88 Å². The van der Waals surface area contributed by atoms with Crippen LogP contribution in [0.15, 0.2) is 48.7 Å². The van der Waals surface area contributed by atoms with E-state index in [2.05, 4.69) is 10.3 Å². The van der Waals surface area contributed by atoms with Crippen LogP contribution in [0.2, 0.25) is 0 Å². The van der Waals surface area contributed by atoms with Crippen LogP contribution >= 0.6 is 0 Å². The highest BCUT2D eigenvalue weighted by Gasteiger charge is 2.35. The molecule has 2 heterocycles. The molecule has 7 nitrogen and oxygen atoms in total. The van der Waals surface area contributed by atoms with Gasteiger partial charge in [-0.15, -0.1) is 0 Å². The number of nitrogens with zero attached hydrogens (tertiary/aromatic N) is 2. The smallest absolute Gasteiger partial charge is 0.321 e. The summed E-state index contributed by atoms with van der Waals surface area (Å²) in [6, 6.07) is 12.3. The number of primary amides is 1. The molecule has 0 atom stereocenters. The highest BCUT2D eigenvalue weighted by molar-refractivity contribution is 5.92. The Morgan fingerprint density at radius 1 is 1.12 bits per heavy atom. The van der Waals surface area contributed by atoms with Crippen molar-refractivity contribution in [3.05, 3.63) is 59.9 Å². The second-order valence-corrected chi connectivity index (χ2v) is 6.11. The van der Waals surface area contributed by atoms with E-state index in [1.807, 2.05) is 30.3 Å². The fraction of sp³-hybridized carbons (Fsp3) is 0.278. The summed E-state index contributed by atoms with van der Waals surface area (Å²) in [6.07, 6.45) is 2.34. The SMILES string of the molecule is NC(=O)c1ccc(NC(=O)N2CCC(O)(c3ccccc3)CC2)cn1. The molecule has 0 bridgehead atoms. The number of urea groups is 1. The third-order valence-corrected chi connectivity index (χ3v) is 4.46. The van der Waals surface area contributed by atoms with E-state index in [9.17, 15) is 14.7 Å². The molecule has 7 heteroatoms. The maximum absolute atomic E-state index is 12.3. The molecule has 25 heavy (non-hydrogen) atoms. The number of amides is 3. The molecule has 1 fully saturated rings. The Hall–Kier alpha value is -2.93. The zero-order chi connectivity index (χ0) is 17.9. The van der Waals surface area contributed by atoms with Crippen molar-refractivity contribution in [3.8, 4) is 0 Å². The first-order chi connectivity index (χ1) is 12.0. The van der Waals surface area contributed by atoms with Crippen LogP contribution in [0.25, 0.3) is 0 Å². The lowest BCUT2D eigenvalue weighted by Gasteiger charge is -2.38. The molecule has 1 aromatic heterocycles. The first-order valence-corrected chi connectivity index (χ1v) is 8.08. The van der Waals surface area contributed by atoms with Gasteiger partial charge >= 0.3 is 6.03 Å². The fourth-order valence-electron chi connectivity index (χ4n) is 2.93. The number of nitrogens with two attached hydrogens (primary N) is 1. The number of carbonyl (C=O) groups excluding carboxylic acids is 2. The summed E-state index contributed by atoms with van der Waals surface area (Å²) in [7, 11) is 0. The summed E-state index contributed by atoms with van der Waals surface area (Å²) in [5.74, 6) is -0.617. The van der Waals surface area contributed by atoms with Crippen LogP contribution < -0.4 is 11.1 Å². The lowest BCUT2D eigenvalue weighted by atomic mass is 9.84. The number of piperidine rings is 1. The van der Waals surface area contributed by atoms with Crippen molar-refractivity contribution in [3.63, 3.8) is 0 Å². The van der Waals surface area contributed by atoms with E-state index >= 15 is 0 Å². The molecule has 1 aromatic carbocycles. The van der Waals surface area contributed by atoms with Gasteiger partial charge in [-0.2, -0.15) is 0 Å². The minimum Gasteiger partial charge on any atom is -0.385 e. The van der Waals surface area contributed by atoms with Crippen LogP contribution in [0.5, 0.6) is 0 Å². The highest BCUT2D eigenvalue weighted by atomic mass is 16.3. The quantitative estimate of drug-likeness (QED) is 0.790. The summed E-state index contributed by atoms with van der Waals surface area (Å²) in [5, 5.41) is 13.5. The first kappa shape index (κ1) is 16.9. The maximum atomic E-state index is 12.3. The van der Waals surface area contributed by atoms with Crippen molar-refractivity contribution >= 4 is 17.6 Å². The summed E-state index contributed by atoms with van der Waals surface area (Å²) in [5.41, 5.74) is 5.74. The number of aliphatic hydroxyl groups is 1. The van der Waals surface area contributed by atoms with Crippen molar-refractivity contribution < 1.29 is 14.7 Å². The number of nitrogens with one attached hydrogen (secondary N) is 1. The Bertz CT molecular complexity index is 754. The topological polar surface area (TPSA) is 109 Å². The van der Waals surface area contributed by atoms with Gasteiger partial charge in [0.25, 0.3) is 5.91 Å². The predicted octanol–water partition coefficient (Wildman–Crippen LogP) is 1.70. The lowest BCUT2D eigenvalue weighted by Crippen LogP contribution is -2.46. The molecule has 1 aliphatic rings. The Labute approximate surface area is 145 Å². The third-order valence-electron chi connectivity index (χ3n) is 4.46. The van der Waals surface area contributed by atoms with Gasteiger partial charge in [-0.25, -0.2) is 9.78 Å². The van der Waals surface area contributed by atoms with E-state index in [-0.39, 0.29) is 11.7 Å². The van der Waals surface area contributed by atoms with Crippen LogP contribution in [-0.2, 0) is 5.60 Å². The average molecular weight is 340 g/mol. The number of likely N-dealkylation sites (tertiary alicyclic amines) is 1. The van der Waals surface area contributed by atoms with Crippen molar-refractivity contribution in [2.45, 2.75) is 18.4 Å². The first-order valence-electron chi connectivity index (χ1n) is 8.08. The molecule has 1 aliphatic heterocycles. The predicted molar refractivity (Wildman–Crippen MR) is 92.9 cm³/mol. The molecule has 4 N–H and O–H groups in total. The monoisotopic (exact) mass is 340 g/mol. The molecule has 3 amide bonds. The second-order valence-electron chi connectivity index (χ2n) is 6.11. The van der Waals surface area contributed by atoms with Gasteiger partial charge in [0.1, 0.15) is 5.69 Å². The number of rotatable bonds is 3. The number of pyridine rings is 1. The van der Waals surface area contributed by atoms with Crippen molar-refractivity contribution in [1.29, 1.82) is 0 Å². The molecule has 0 radical (unpaired) electrons. The third kappa shape index (κ3) is 3.77. The zero-order valence-corrected chi connectivity index (χ0v) is 13.7. The normalized spacial score (nSPS) is 16.3. The molecule has 0 saturated carbocycles. The van der Waals surface area contributed by atoms with E-state index in [1.165, 1.54) is 12.3 Å². The summed E-state index contributed by atoms with van der Waals surface area (Å²) in [6.45, 7) is 0.897. The van der Waals surface area contributed by atoms with Crippen LogP contribution in [0, 0.1) is 0 Å². The number of hydrogen-bond acceptors (Lipinski definition) is 4. The second kappa shape index (κ2) is 6.90. The van der Waals surface area contributed by atoms with Crippen LogP contribution in [0.4, 0.5) is 10.5 Å². The Balaban J connectivity index is 1.59. The van der Waals surface area contributed by atoms with Gasteiger partial charge in [-0.3, -0.25) is 4.79 Å². The Morgan fingerprint density at radius 2 is 1.80 bits per heavy atom. The molecule has 3 rings (SSSR count). The van der Waals surface area contributed by atoms with Gasteiger partial charge in [0.2, 0.25) is 0 Å². The van der Waals surface area contributed by atoms with E-state index < -0.39 is 11.5 Å². The van der Waals surface area contributed by atoms with Gasteiger partial charge in [0.15, 0.2) is 0 Å². The minimum atomic E-state index is -0.900. The van der Waals surface area contributed by atoms with Crippen LogP contribution in [-0.4, -0.2) is 40.0 Å². The summed E-state index contributed by atoms with van der Waals surface area (Å²) in [4.78, 5) is 28.9. The zero-order valence-electron chi connectivity index (χ0n) is 13.7. The minimum absolute atomic E-state index is 0.142. The molecule has 130 valence electrons. The van der Waals surface area contributed by atoms with Gasteiger partial charge in [0, 0.05) is 13.1 Å². The highest BCUT2D eigenvalue weighted by Crippen LogP contribution is 2.32. The maximum Gasteiger partial charge on any atom is 0.321 e. The van der Waals surface area contributed by atoms with E-state index in [4.69, 9.17) is 5.73 Å². The molecule has 0 aliphatic carbocycles. The number of anilines is 1. The molecular weight excluding hydrogens is 320 g/mol. The fourth-order valence-corrected chi connectivity index (χ4v) is 2.93. The molecule has 0 spiro atoms. The number of carbonyl (C=O) groups is 2. The Morgan fingerprint density at radius 3 is 2.36 bits per heavy atom. The van der Waals surface area contributed by atoms with Gasteiger partial charge in [0.05, 0.1) is 17.5 Å². The number of aromatic nitrogens is 1.